The average molecular weight is 363 g/mol. The van der Waals surface area contributed by atoms with E-state index in [1.165, 1.54) is 62.6 Å². The van der Waals surface area contributed by atoms with Crippen molar-refractivity contribution in [2.75, 3.05) is 0 Å². The third-order valence-electron chi connectivity index (χ3n) is 9.02. The van der Waals surface area contributed by atoms with Crippen LogP contribution >= 0.6 is 0 Å². The second kappa shape index (κ2) is 5.40. The van der Waals surface area contributed by atoms with E-state index in [0.717, 1.165) is 17.8 Å². The van der Waals surface area contributed by atoms with Crippen molar-refractivity contribution < 1.29 is 4.42 Å². The Balaban J connectivity index is 1.38. The van der Waals surface area contributed by atoms with Crippen LogP contribution in [0, 0.1) is 28.6 Å². The number of nitrogens with zero attached hydrogens (tertiary/aromatic N) is 2. The van der Waals surface area contributed by atoms with Gasteiger partial charge in [0.2, 0.25) is 0 Å². The molecule has 4 aliphatic rings. The van der Waals surface area contributed by atoms with E-state index in [1.807, 2.05) is 12.4 Å². The molecule has 6 rings (SSSR count). The second-order valence-corrected chi connectivity index (χ2v) is 9.98. The molecule has 0 aromatic carbocycles. The van der Waals surface area contributed by atoms with Crippen LogP contribution in [0.1, 0.15) is 70.9 Å². The summed E-state index contributed by atoms with van der Waals surface area (Å²) in [6, 6.07) is 0. The highest BCUT2D eigenvalue weighted by Gasteiger charge is 2.56. The molecule has 0 N–H and O–H groups in total. The molecule has 3 nitrogen and oxygen atoms in total. The summed E-state index contributed by atoms with van der Waals surface area (Å²) in [5.74, 6) is 3.23. The molecule has 2 fully saturated rings. The van der Waals surface area contributed by atoms with Crippen molar-refractivity contribution in [2.24, 2.45) is 28.6 Å². The number of hydrogen-bond donors (Lipinski definition) is 0. The topological polar surface area (TPSA) is 30.4 Å². The molecular formula is C24H30N2O. The fourth-order valence-electron chi connectivity index (χ4n) is 7.59. The van der Waals surface area contributed by atoms with Crippen molar-refractivity contribution >= 4 is 11.4 Å². The van der Waals surface area contributed by atoms with Gasteiger partial charge in [0.1, 0.15) is 6.26 Å². The Kier molecular flexibility index (Phi) is 3.24. The van der Waals surface area contributed by atoms with Gasteiger partial charge in [-0.15, -0.1) is 0 Å². The van der Waals surface area contributed by atoms with Crippen LogP contribution in [0.4, 0.5) is 0 Å². The van der Waals surface area contributed by atoms with Gasteiger partial charge in [-0.1, -0.05) is 38.0 Å². The molecular weight excluding hydrogens is 332 g/mol. The molecule has 0 bridgehead atoms. The van der Waals surface area contributed by atoms with Gasteiger partial charge in [0.25, 0.3) is 0 Å². The summed E-state index contributed by atoms with van der Waals surface area (Å²) in [5, 5.41) is 0. The van der Waals surface area contributed by atoms with Crippen molar-refractivity contribution in [3.8, 4) is 0 Å². The monoisotopic (exact) mass is 362 g/mol. The van der Waals surface area contributed by atoms with Gasteiger partial charge in [-0.3, -0.25) is 4.40 Å². The van der Waals surface area contributed by atoms with Gasteiger partial charge in [0.05, 0.1) is 11.9 Å². The molecule has 0 unspecified atom stereocenters. The maximum Gasteiger partial charge on any atom is 0.306 e. The number of hydrogen-bond acceptors (Lipinski definition) is 2. The Morgan fingerprint density at radius 3 is 2.93 bits per heavy atom. The molecule has 142 valence electrons. The predicted molar refractivity (Wildman–Crippen MR) is 107 cm³/mol. The summed E-state index contributed by atoms with van der Waals surface area (Å²) in [6.07, 6.45) is 21.8. The van der Waals surface area contributed by atoms with Gasteiger partial charge >= 0.3 is 5.84 Å². The number of fused-ring (bicyclic) bond motifs is 6. The highest BCUT2D eigenvalue weighted by molar-refractivity contribution is 5.72. The van der Waals surface area contributed by atoms with Gasteiger partial charge in [-0.05, 0) is 79.1 Å². The lowest BCUT2D eigenvalue weighted by atomic mass is 9.47. The van der Waals surface area contributed by atoms with Crippen molar-refractivity contribution in [2.45, 2.75) is 65.2 Å². The van der Waals surface area contributed by atoms with E-state index in [0.29, 0.717) is 11.3 Å². The van der Waals surface area contributed by atoms with Crippen LogP contribution in [0.5, 0.6) is 0 Å². The minimum Gasteiger partial charge on any atom is -0.432 e. The van der Waals surface area contributed by atoms with Crippen LogP contribution in [0.25, 0.3) is 11.4 Å². The number of aromatic nitrogens is 2. The van der Waals surface area contributed by atoms with Crippen molar-refractivity contribution in [3.63, 3.8) is 0 Å². The van der Waals surface area contributed by atoms with Gasteiger partial charge in [0, 0.05) is 6.20 Å². The lowest BCUT2D eigenvalue weighted by Crippen LogP contribution is -2.48. The fraction of sp³-hybridized carbons (Fsp3) is 0.625. The third-order valence-corrected chi connectivity index (χ3v) is 9.02. The molecule has 5 atom stereocenters. The number of rotatable bonds is 1. The van der Waals surface area contributed by atoms with Crippen molar-refractivity contribution in [3.05, 3.63) is 42.1 Å². The zero-order chi connectivity index (χ0) is 18.2. The Labute approximate surface area is 161 Å². The molecule has 0 saturated heterocycles. The number of imidazole rings is 1. The lowest BCUT2D eigenvalue weighted by Gasteiger charge is -2.57. The summed E-state index contributed by atoms with van der Waals surface area (Å²) >= 11 is 0. The Morgan fingerprint density at radius 2 is 2.00 bits per heavy atom. The van der Waals surface area contributed by atoms with Crippen LogP contribution in [-0.4, -0.2) is 9.38 Å². The molecule has 4 aliphatic carbocycles. The van der Waals surface area contributed by atoms with E-state index >= 15 is 0 Å². The second-order valence-electron chi connectivity index (χ2n) is 9.98. The van der Waals surface area contributed by atoms with Gasteiger partial charge < -0.3 is 4.42 Å². The molecule has 0 aliphatic heterocycles. The molecule has 2 heterocycles. The van der Waals surface area contributed by atoms with Crippen LogP contribution in [-0.2, 0) is 0 Å². The summed E-state index contributed by atoms with van der Waals surface area (Å²) in [6.45, 7) is 5.14. The summed E-state index contributed by atoms with van der Waals surface area (Å²) in [5.41, 5.74) is 5.34. The van der Waals surface area contributed by atoms with E-state index in [-0.39, 0.29) is 5.41 Å². The highest BCUT2D eigenvalue weighted by Crippen LogP contribution is 2.66. The molecule has 0 spiro atoms. The summed E-state index contributed by atoms with van der Waals surface area (Å²) in [7, 11) is 0. The smallest absolute Gasteiger partial charge is 0.306 e. The Morgan fingerprint density at radius 1 is 1.07 bits per heavy atom. The fourth-order valence-corrected chi connectivity index (χ4v) is 7.59. The molecule has 2 aromatic rings. The molecule has 3 heteroatoms. The largest absolute Gasteiger partial charge is 0.432 e. The predicted octanol–water partition coefficient (Wildman–Crippen LogP) is 6.27. The summed E-state index contributed by atoms with van der Waals surface area (Å²) in [4.78, 5) is 4.48. The van der Waals surface area contributed by atoms with Crippen LogP contribution in [0.3, 0.4) is 0 Å². The maximum atomic E-state index is 5.50. The lowest BCUT2D eigenvalue weighted by molar-refractivity contribution is -0.00989. The first-order chi connectivity index (χ1) is 13.1. The first-order valence-electron chi connectivity index (χ1n) is 10.9. The quantitative estimate of drug-likeness (QED) is 0.559. The maximum absolute atomic E-state index is 5.50. The molecule has 0 radical (unpaired) electrons. The van der Waals surface area contributed by atoms with Crippen LogP contribution < -0.4 is 0 Å². The molecule has 2 saturated carbocycles. The number of oxazole rings is 1. The van der Waals surface area contributed by atoms with Crippen molar-refractivity contribution in [1.82, 2.24) is 9.38 Å². The van der Waals surface area contributed by atoms with Crippen LogP contribution in [0.15, 0.2) is 40.8 Å². The Bertz CT molecular complexity index is 962. The van der Waals surface area contributed by atoms with Gasteiger partial charge in [-0.2, -0.15) is 0 Å². The van der Waals surface area contributed by atoms with Crippen molar-refractivity contribution in [1.29, 1.82) is 0 Å². The Hall–Kier alpha value is -1.77. The number of allylic oxidation sites excluding steroid dienone is 4. The molecule has 27 heavy (non-hydrogen) atoms. The third kappa shape index (κ3) is 2.01. The van der Waals surface area contributed by atoms with E-state index < -0.39 is 0 Å². The first-order valence-corrected chi connectivity index (χ1v) is 10.9. The standard InChI is InChI=1S/C24H30N2O/c1-23-11-4-3-5-16(23)6-7-17-18-8-9-20(24(18,2)12-10-19(17)23)21-15-25-22-26(21)13-14-27-22/h6,9,13-15,17-19H,3-5,7-8,10-12H2,1-2H3/t17-,18-,19-,23-,24-/m0/s1. The minimum absolute atomic E-state index is 0.283. The van der Waals surface area contributed by atoms with E-state index in [9.17, 15) is 0 Å². The van der Waals surface area contributed by atoms with Crippen LogP contribution in [0.2, 0.25) is 0 Å². The van der Waals surface area contributed by atoms with Gasteiger partial charge in [0.15, 0.2) is 0 Å². The zero-order valence-corrected chi connectivity index (χ0v) is 16.6. The normalized spacial score (nSPS) is 40.9. The first kappa shape index (κ1) is 16.2. The highest BCUT2D eigenvalue weighted by atomic mass is 16.3. The summed E-state index contributed by atoms with van der Waals surface area (Å²) < 4.78 is 7.63. The molecule has 0 amide bonds. The van der Waals surface area contributed by atoms with E-state index in [4.69, 9.17) is 4.42 Å². The minimum atomic E-state index is 0.283. The average Bonchev–Trinajstić information content (AvgIpc) is 3.35. The van der Waals surface area contributed by atoms with E-state index in [2.05, 4.69) is 35.4 Å². The zero-order valence-electron chi connectivity index (χ0n) is 16.6. The van der Waals surface area contributed by atoms with Gasteiger partial charge in [-0.25, -0.2) is 4.98 Å². The van der Waals surface area contributed by atoms with E-state index in [1.54, 1.807) is 11.8 Å². The SMILES string of the molecule is C[C@]12CCCCC1=CC[C@@H]1[C@@H]2CC[C@]2(C)C(c3cnc4occn34)=CC[C@@H]12. The molecule has 2 aromatic heterocycles.